The lowest BCUT2D eigenvalue weighted by molar-refractivity contribution is -0.122. The molecule has 0 radical (unpaired) electrons. The highest BCUT2D eigenvalue weighted by Crippen LogP contribution is 2.43. The molecule has 0 spiro atoms. The molecular weight excluding hydrogens is 322 g/mol. The Bertz CT molecular complexity index is 818. The van der Waals surface area contributed by atoms with E-state index >= 15 is 0 Å². The van der Waals surface area contributed by atoms with E-state index in [0.717, 1.165) is 53.5 Å². The molecule has 5 unspecified atom stereocenters. The molecule has 4 heteroatoms. The number of aromatic nitrogens is 1. The lowest BCUT2D eigenvalue weighted by Crippen LogP contribution is -2.56. The third-order valence-electron chi connectivity index (χ3n) is 6.68. The summed E-state index contributed by atoms with van der Waals surface area (Å²) in [5.74, 6) is 1.79. The van der Waals surface area contributed by atoms with Crippen molar-refractivity contribution in [2.45, 2.75) is 45.1 Å². The van der Waals surface area contributed by atoms with Gasteiger partial charge in [0.05, 0.1) is 11.4 Å². The van der Waals surface area contributed by atoms with E-state index < -0.39 is 0 Å². The van der Waals surface area contributed by atoms with Crippen LogP contribution in [0.3, 0.4) is 0 Å². The molecule has 3 aliphatic heterocycles. The number of anilines is 1. The van der Waals surface area contributed by atoms with Crippen molar-refractivity contribution in [3.63, 3.8) is 0 Å². The maximum Gasteiger partial charge on any atom is 0.138 e. The van der Waals surface area contributed by atoms with Crippen molar-refractivity contribution in [3.8, 4) is 0 Å². The molecule has 4 heterocycles. The number of benzene rings is 1. The normalized spacial score (nSPS) is 28.9. The molecule has 138 valence electrons. The van der Waals surface area contributed by atoms with Crippen molar-refractivity contribution in [2.75, 3.05) is 25.5 Å². The first-order chi connectivity index (χ1) is 12.6. The van der Waals surface area contributed by atoms with E-state index in [1.807, 2.05) is 25.4 Å². The molecule has 5 rings (SSSR count). The van der Waals surface area contributed by atoms with Crippen molar-refractivity contribution >= 4 is 22.4 Å². The molecule has 0 amide bonds. The zero-order valence-corrected chi connectivity index (χ0v) is 16.0. The third kappa shape index (κ3) is 2.90. The molecule has 2 bridgehead atoms. The Morgan fingerprint density at radius 3 is 2.88 bits per heavy atom. The molecule has 3 aliphatic rings. The van der Waals surface area contributed by atoms with Crippen LogP contribution in [0.1, 0.15) is 44.6 Å². The van der Waals surface area contributed by atoms with Crippen LogP contribution in [-0.2, 0) is 4.79 Å². The summed E-state index contributed by atoms with van der Waals surface area (Å²) in [6, 6.07) is 8.62. The summed E-state index contributed by atoms with van der Waals surface area (Å²) in [6.07, 6.45) is 5.55. The highest BCUT2D eigenvalue weighted by atomic mass is 16.1. The van der Waals surface area contributed by atoms with Crippen molar-refractivity contribution < 1.29 is 4.79 Å². The topological polar surface area (TPSA) is 45.2 Å². The molecule has 0 saturated carbocycles. The average Bonchev–Trinajstić information content (AvgIpc) is 2.68. The second kappa shape index (κ2) is 6.99. The molecule has 2 aromatic rings. The second-order valence-electron chi connectivity index (χ2n) is 7.99. The van der Waals surface area contributed by atoms with Gasteiger partial charge in [-0.25, -0.2) is 0 Å². The third-order valence-corrected chi connectivity index (χ3v) is 6.68. The lowest BCUT2D eigenvalue weighted by Gasteiger charge is -2.52. The van der Waals surface area contributed by atoms with Crippen LogP contribution in [0.5, 0.6) is 0 Å². The van der Waals surface area contributed by atoms with Crippen LogP contribution in [-0.4, -0.2) is 41.8 Å². The Hall–Kier alpha value is -1.94. The summed E-state index contributed by atoms with van der Waals surface area (Å²) in [5.41, 5.74) is 3.17. The number of nitrogens with one attached hydrogen (secondary N) is 1. The molecule has 3 fully saturated rings. The Kier molecular flexibility index (Phi) is 4.70. The number of ketones is 1. The van der Waals surface area contributed by atoms with E-state index in [4.69, 9.17) is 0 Å². The number of nitrogens with zero attached hydrogens (tertiary/aromatic N) is 2. The second-order valence-corrected chi connectivity index (χ2v) is 7.99. The van der Waals surface area contributed by atoms with Crippen molar-refractivity contribution in [1.82, 2.24) is 9.88 Å². The van der Waals surface area contributed by atoms with Gasteiger partial charge in [-0.1, -0.05) is 13.3 Å². The summed E-state index contributed by atoms with van der Waals surface area (Å²) < 4.78 is 0. The fourth-order valence-electron chi connectivity index (χ4n) is 5.28. The van der Waals surface area contributed by atoms with Gasteiger partial charge >= 0.3 is 0 Å². The Balaban J connectivity index is 1.77. The number of piperidine rings is 3. The predicted octanol–water partition coefficient (Wildman–Crippen LogP) is 4.07. The first-order valence-corrected chi connectivity index (χ1v) is 9.93. The van der Waals surface area contributed by atoms with Crippen molar-refractivity contribution in [2.24, 2.45) is 11.8 Å². The van der Waals surface area contributed by atoms with Crippen LogP contribution in [0.4, 0.5) is 5.69 Å². The highest BCUT2D eigenvalue weighted by Gasteiger charge is 2.44. The van der Waals surface area contributed by atoms with E-state index in [1.165, 1.54) is 12.8 Å². The van der Waals surface area contributed by atoms with Gasteiger partial charge in [0, 0.05) is 36.9 Å². The first kappa shape index (κ1) is 17.5. The largest absolute Gasteiger partial charge is 0.388 e. The number of pyridine rings is 1. The summed E-state index contributed by atoms with van der Waals surface area (Å²) in [7, 11) is 1.93. The monoisotopic (exact) mass is 351 g/mol. The number of rotatable bonds is 5. The smallest absolute Gasteiger partial charge is 0.138 e. The molecule has 26 heavy (non-hydrogen) atoms. The first-order valence-electron chi connectivity index (χ1n) is 9.93. The molecule has 4 nitrogen and oxygen atoms in total. The molecule has 1 aromatic heterocycles. The van der Waals surface area contributed by atoms with E-state index in [2.05, 4.69) is 34.3 Å². The summed E-state index contributed by atoms with van der Waals surface area (Å²) in [5, 5.41) is 4.32. The van der Waals surface area contributed by atoms with Gasteiger partial charge in [0.2, 0.25) is 0 Å². The lowest BCUT2D eigenvalue weighted by atomic mass is 9.69. The predicted molar refractivity (Wildman–Crippen MR) is 107 cm³/mol. The molecule has 1 N–H and O–H groups in total. The van der Waals surface area contributed by atoms with Gasteiger partial charge in [-0.3, -0.25) is 14.7 Å². The molecule has 3 saturated heterocycles. The van der Waals surface area contributed by atoms with Gasteiger partial charge in [0.15, 0.2) is 0 Å². The Morgan fingerprint density at radius 1 is 1.38 bits per heavy atom. The molecule has 5 atom stereocenters. The van der Waals surface area contributed by atoms with Gasteiger partial charge in [-0.15, -0.1) is 0 Å². The van der Waals surface area contributed by atoms with E-state index in [1.54, 1.807) is 6.92 Å². The molecular formula is C22H29N3O. The minimum atomic E-state index is -0.0618. The van der Waals surface area contributed by atoms with Crippen LogP contribution < -0.4 is 5.32 Å². The quantitative estimate of drug-likeness (QED) is 0.882. The van der Waals surface area contributed by atoms with Gasteiger partial charge in [0.25, 0.3) is 0 Å². The van der Waals surface area contributed by atoms with Gasteiger partial charge in [0.1, 0.15) is 5.78 Å². The van der Waals surface area contributed by atoms with E-state index in [-0.39, 0.29) is 11.7 Å². The van der Waals surface area contributed by atoms with Crippen molar-refractivity contribution in [1.29, 1.82) is 0 Å². The number of hydrogen-bond acceptors (Lipinski definition) is 4. The van der Waals surface area contributed by atoms with Gasteiger partial charge < -0.3 is 5.32 Å². The maximum absolute atomic E-state index is 12.8. The summed E-state index contributed by atoms with van der Waals surface area (Å²) in [4.78, 5) is 19.9. The minimum absolute atomic E-state index is 0.0618. The Morgan fingerprint density at radius 2 is 2.23 bits per heavy atom. The van der Waals surface area contributed by atoms with Crippen molar-refractivity contribution in [3.05, 3.63) is 36.0 Å². The number of fused-ring (bicyclic) bond motifs is 4. The summed E-state index contributed by atoms with van der Waals surface area (Å²) >= 11 is 0. The standard InChI is InChI=1S/C22H29N3O/c1-4-15-13-25-10-8-16(15)11-21(25)22(14(2)26)18-7-9-24-20-6-5-17(23-3)12-19(18)20/h5-7,9,12,15-16,21-23H,4,8,10-11,13H2,1-3H3. The Labute approximate surface area is 156 Å². The van der Waals surface area contributed by atoms with Crippen LogP contribution in [0.15, 0.2) is 30.5 Å². The van der Waals surface area contributed by atoms with Crippen LogP contribution in [0.2, 0.25) is 0 Å². The maximum atomic E-state index is 12.8. The zero-order chi connectivity index (χ0) is 18.3. The minimum Gasteiger partial charge on any atom is -0.388 e. The van der Waals surface area contributed by atoms with Gasteiger partial charge in [-0.2, -0.15) is 0 Å². The van der Waals surface area contributed by atoms with Gasteiger partial charge in [-0.05, 0) is 68.0 Å². The fourth-order valence-corrected chi connectivity index (χ4v) is 5.28. The van der Waals surface area contributed by atoms with Crippen LogP contribution >= 0.6 is 0 Å². The number of carbonyl (C=O) groups is 1. The average molecular weight is 351 g/mol. The molecule has 0 aliphatic carbocycles. The highest BCUT2D eigenvalue weighted by molar-refractivity contribution is 5.93. The van der Waals surface area contributed by atoms with E-state index in [9.17, 15) is 4.79 Å². The number of hydrogen-bond donors (Lipinski definition) is 1. The number of carbonyl (C=O) groups excluding carboxylic acids is 1. The fraction of sp³-hybridized carbons (Fsp3) is 0.545. The van der Waals surface area contributed by atoms with Crippen LogP contribution in [0.25, 0.3) is 10.9 Å². The SMILES string of the molecule is CCC1CN2CCC1CC2C(C(C)=O)c1ccnc2ccc(NC)cc12. The van der Waals surface area contributed by atoms with Crippen LogP contribution in [0, 0.1) is 11.8 Å². The summed E-state index contributed by atoms with van der Waals surface area (Å²) in [6.45, 7) is 6.36. The molecule has 1 aromatic carbocycles. The zero-order valence-electron chi connectivity index (χ0n) is 16.0. The van der Waals surface area contributed by atoms with E-state index in [0.29, 0.717) is 6.04 Å². The number of Topliss-reactive ketones (excluding diaryl/α,β-unsaturated/α-hetero) is 1.